The summed E-state index contributed by atoms with van der Waals surface area (Å²) in [6, 6.07) is 15.9. The molecule has 222 valence electrons. The SMILES string of the molecule is O=C1NCCOc2ccc(cc2)OCCOC/C=C\COCCOc2ccc(cc2)OCCNC(=O)c2cncc1c2. The molecule has 4 aliphatic rings. The minimum absolute atomic E-state index is 0.266. The second-order valence-electron chi connectivity index (χ2n) is 8.93. The van der Waals surface area contributed by atoms with Crippen LogP contribution in [0.3, 0.4) is 0 Å². The molecule has 0 spiro atoms. The van der Waals surface area contributed by atoms with Crippen LogP contribution < -0.4 is 29.6 Å². The molecule has 6 bridgehead atoms. The van der Waals surface area contributed by atoms with Crippen molar-refractivity contribution >= 4 is 11.8 Å². The van der Waals surface area contributed by atoms with E-state index in [0.29, 0.717) is 62.6 Å². The molecule has 0 fully saturated rings. The van der Waals surface area contributed by atoms with Crippen molar-refractivity contribution < 1.29 is 38.0 Å². The first kappa shape index (κ1) is 30.4. The molecule has 2 amide bonds. The Balaban J connectivity index is 1.29. The monoisotopic (exact) mass is 577 g/mol. The Morgan fingerprint density at radius 3 is 1.31 bits per heavy atom. The van der Waals surface area contributed by atoms with E-state index < -0.39 is 0 Å². The van der Waals surface area contributed by atoms with Crippen molar-refractivity contribution in [3.63, 3.8) is 0 Å². The summed E-state index contributed by atoms with van der Waals surface area (Å²) in [5.74, 6) is 1.99. The molecule has 7 rings (SSSR count). The second-order valence-corrected chi connectivity index (χ2v) is 8.93. The Kier molecular flexibility index (Phi) is 12.5. The number of amides is 2. The molecule has 4 aliphatic heterocycles. The number of ether oxygens (including phenoxy) is 6. The zero-order valence-corrected chi connectivity index (χ0v) is 23.3. The van der Waals surface area contributed by atoms with E-state index in [4.69, 9.17) is 28.4 Å². The maximum atomic E-state index is 12.6. The van der Waals surface area contributed by atoms with Gasteiger partial charge >= 0.3 is 0 Å². The van der Waals surface area contributed by atoms with Crippen molar-refractivity contribution in [2.75, 3.05) is 65.9 Å². The fourth-order valence-electron chi connectivity index (χ4n) is 3.70. The lowest BCUT2D eigenvalue weighted by atomic mass is 10.2. The van der Waals surface area contributed by atoms with Gasteiger partial charge in [0.2, 0.25) is 0 Å². The zero-order chi connectivity index (χ0) is 29.2. The third-order valence-electron chi connectivity index (χ3n) is 5.81. The van der Waals surface area contributed by atoms with Crippen LogP contribution in [0.2, 0.25) is 0 Å². The molecule has 0 unspecified atom stereocenters. The fourth-order valence-corrected chi connectivity index (χ4v) is 3.70. The quantitative estimate of drug-likeness (QED) is 0.388. The lowest BCUT2D eigenvalue weighted by molar-refractivity contribution is 0.0946. The number of rotatable bonds is 0. The number of pyridine rings is 1. The number of hydrogen-bond donors (Lipinski definition) is 2. The largest absolute Gasteiger partial charge is 0.492 e. The minimum Gasteiger partial charge on any atom is -0.492 e. The molecule has 5 heterocycles. The second kappa shape index (κ2) is 17.3. The average Bonchev–Trinajstić information content (AvgIpc) is 3.02. The molecule has 0 saturated heterocycles. The van der Waals surface area contributed by atoms with Crippen molar-refractivity contribution in [2.45, 2.75) is 0 Å². The summed E-state index contributed by atoms with van der Waals surface area (Å²) in [5.41, 5.74) is 0.548. The van der Waals surface area contributed by atoms with Gasteiger partial charge in [0.1, 0.15) is 49.4 Å². The van der Waals surface area contributed by atoms with E-state index in [1.807, 2.05) is 36.4 Å². The highest BCUT2D eigenvalue weighted by Gasteiger charge is 2.11. The van der Waals surface area contributed by atoms with Crippen molar-refractivity contribution in [2.24, 2.45) is 0 Å². The molecule has 3 aromatic rings. The number of aromatic nitrogens is 1. The summed E-state index contributed by atoms with van der Waals surface area (Å²) >= 11 is 0. The van der Waals surface area contributed by atoms with Gasteiger partial charge in [-0.1, -0.05) is 12.2 Å². The Hall–Kier alpha value is -4.61. The van der Waals surface area contributed by atoms with Gasteiger partial charge in [-0.15, -0.1) is 0 Å². The Morgan fingerprint density at radius 2 is 0.905 bits per heavy atom. The molecule has 0 atom stereocenters. The van der Waals surface area contributed by atoms with Crippen LogP contribution in [0.15, 0.2) is 79.1 Å². The van der Waals surface area contributed by atoms with Crippen LogP contribution >= 0.6 is 0 Å². The fraction of sp³-hybridized carbons (Fsp3) is 0.323. The van der Waals surface area contributed by atoms with E-state index >= 15 is 0 Å². The van der Waals surface area contributed by atoms with Crippen molar-refractivity contribution in [1.82, 2.24) is 15.6 Å². The highest BCUT2D eigenvalue weighted by Crippen LogP contribution is 2.18. The van der Waals surface area contributed by atoms with Gasteiger partial charge in [0, 0.05) is 12.4 Å². The van der Waals surface area contributed by atoms with Crippen LogP contribution in [0.5, 0.6) is 23.0 Å². The minimum atomic E-state index is -0.355. The zero-order valence-electron chi connectivity index (χ0n) is 23.3. The molecule has 0 saturated carbocycles. The van der Waals surface area contributed by atoms with Crippen LogP contribution in [-0.4, -0.2) is 82.7 Å². The first-order valence-electron chi connectivity index (χ1n) is 13.7. The van der Waals surface area contributed by atoms with Crippen LogP contribution in [0.4, 0.5) is 0 Å². The Morgan fingerprint density at radius 1 is 0.524 bits per heavy atom. The van der Waals surface area contributed by atoms with E-state index in [0.717, 1.165) is 0 Å². The molecule has 42 heavy (non-hydrogen) atoms. The van der Waals surface area contributed by atoms with Gasteiger partial charge in [-0.3, -0.25) is 14.6 Å². The molecule has 11 heteroatoms. The van der Waals surface area contributed by atoms with Crippen molar-refractivity contribution in [3.8, 4) is 23.0 Å². The highest BCUT2D eigenvalue weighted by atomic mass is 16.5. The van der Waals surface area contributed by atoms with Gasteiger partial charge in [0.25, 0.3) is 11.8 Å². The standard InChI is InChI=1S/C31H35N3O8/c35-30-24-21-25(23-32-22-24)31(36)34-12-16-40-27-5-9-29(10-6-27)42-20-18-38-14-2-1-13-37-17-19-41-28-7-3-26(4-8-28)39-15-11-33-30/h1-10,21-23H,11-20H2,(H,33,35)(H,34,36)/b2-1-. The molecule has 0 radical (unpaired) electrons. The third-order valence-corrected chi connectivity index (χ3v) is 5.81. The Bertz CT molecular complexity index is 1190. The highest BCUT2D eigenvalue weighted by molar-refractivity contribution is 5.99. The van der Waals surface area contributed by atoms with Crippen molar-refractivity contribution in [3.05, 3.63) is 90.3 Å². The van der Waals surface area contributed by atoms with E-state index in [9.17, 15) is 9.59 Å². The van der Waals surface area contributed by atoms with Gasteiger partial charge in [-0.2, -0.15) is 0 Å². The Labute approximate surface area is 244 Å². The summed E-state index contributed by atoms with van der Waals surface area (Å²) in [7, 11) is 0. The van der Waals surface area contributed by atoms with Crippen LogP contribution in [0.1, 0.15) is 20.7 Å². The van der Waals surface area contributed by atoms with Crippen molar-refractivity contribution in [1.29, 1.82) is 0 Å². The molecule has 2 N–H and O–H groups in total. The van der Waals surface area contributed by atoms with Gasteiger partial charge in [-0.25, -0.2) is 0 Å². The third kappa shape index (κ3) is 10.8. The maximum absolute atomic E-state index is 12.6. The lowest BCUT2D eigenvalue weighted by Gasteiger charge is -2.10. The smallest absolute Gasteiger partial charge is 0.252 e. The molecule has 2 aromatic carbocycles. The molecule has 11 nitrogen and oxygen atoms in total. The molecule has 1 aromatic heterocycles. The number of carbonyl (C=O) groups excluding carboxylic acids is 2. The maximum Gasteiger partial charge on any atom is 0.252 e. The van der Waals surface area contributed by atoms with Crippen LogP contribution in [-0.2, 0) is 9.47 Å². The summed E-state index contributed by atoms with van der Waals surface area (Å²) in [6.07, 6.45) is 6.62. The van der Waals surface area contributed by atoms with Gasteiger partial charge in [0.05, 0.1) is 50.6 Å². The number of hydrogen-bond acceptors (Lipinski definition) is 9. The summed E-state index contributed by atoms with van der Waals surface area (Å²) in [6.45, 7) is 3.74. The number of nitrogens with zero attached hydrogens (tertiary/aromatic N) is 1. The number of carbonyl (C=O) groups is 2. The summed E-state index contributed by atoms with van der Waals surface area (Å²) in [4.78, 5) is 29.1. The first-order valence-corrected chi connectivity index (χ1v) is 13.7. The van der Waals surface area contributed by atoms with E-state index in [-0.39, 0.29) is 49.2 Å². The van der Waals surface area contributed by atoms with Gasteiger partial charge in [-0.05, 0) is 54.6 Å². The van der Waals surface area contributed by atoms with Gasteiger partial charge in [0.15, 0.2) is 0 Å². The first-order chi connectivity index (χ1) is 20.7. The van der Waals surface area contributed by atoms with E-state index in [1.165, 1.54) is 18.5 Å². The van der Waals surface area contributed by atoms with E-state index in [1.54, 1.807) is 24.3 Å². The summed E-state index contributed by atoms with van der Waals surface area (Å²) in [5, 5.41) is 5.54. The number of benzene rings is 2. The average molecular weight is 578 g/mol. The topological polar surface area (TPSA) is 126 Å². The van der Waals surface area contributed by atoms with Gasteiger partial charge < -0.3 is 39.1 Å². The molecular formula is C31H35N3O8. The predicted molar refractivity (Wildman–Crippen MR) is 155 cm³/mol. The van der Waals surface area contributed by atoms with Crippen LogP contribution in [0.25, 0.3) is 0 Å². The molecular weight excluding hydrogens is 542 g/mol. The van der Waals surface area contributed by atoms with E-state index in [2.05, 4.69) is 15.6 Å². The number of nitrogens with one attached hydrogen (secondary N) is 2. The predicted octanol–water partition coefficient (Wildman–Crippen LogP) is 3.06. The summed E-state index contributed by atoms with van der Waals surface area (Å²) < 4.78 is 33.8. The molecule has 0 aliphatic carbocycles. The normalized spacial score (nSPS) is 17.3. The lowest BCUT2D eigenvalue weighted by Crippen LogP contribution is -2.30. The van der Waals surface area contributed by atoms with Crippen LogP contribution in [0, 0.1) is 0 Å².